The van der Waals surface area contributed by atoms with Crippen LogP contribution in [0.3, 0.4) is 0 Å². The number of benzene rings is 3. The number of nitro benzene ring substituents is 1. The van der Waals surface area contributed by atoms with Crippen LogP contribution in [0.1, 0.15) is 43.0 Å². The van der Waals surface area contributed by atoms with Gasteiger partial charge in [0, 0.05) is 24.6 Å². The zero-order valence-corrected chi connectivity index (χ0v) is 20.5. The maximum absolute atomic E-state index is 14.3. The average molecular weight is 522 g/mol. The first-order chi connectivity index (χ1) is 18.2. The summed E-state index contributed by atoms with van der Waals surface area (Å²) in [6, 6.07) is 15.8. The van der Waals surface area contributed by atoms with Gasteiger partial charge in [-0.25, -0.2) is 23.3 Å². The van der Waals surface area contributed by atoms with Crippen LogP contribution in [0, 0.1) is 33.6 Å². The molecule has 0 aromatic heterocycles. The zero-order valence-electron chi connectivity index (χ0n) is 20.5. The number of hydrogen-bond donors (Lipinski definition) is 0. The maximum atomic E-state index is 14.3. The lowest BCUT2D eigenvalue weighted by Gasteiger charge is -2.47. The molecule has 1 aliphatic carbocycles. The molecular formula is C28H25F2N3O5. The van der Waals surface area contributed by atoms with E-state index < -0.39 is 34.7 Å². The predicted molar refractivity (Wildman–Crippen MR) is 133 cm³/mol. The minimum Gasteiger partial charge on any atom is -0.410 e. The first kappa shape index (κ1) is 25.3. The number of amides is 3. The molecule has 5 rings (SSSR count). The summed E-state index contributed by atoms with van der Waals surface area (Å²) >= 11 is 0. The molecule has 196 valence electrons. The number of carbonyl (C=O) groups excluding carboxylic acids is 2. The van der Waals surface area contributed by atoms with Gasteiger partial charge in [-0.15, -0.1) is 0 Å². The number of ether oxygens (including phenoxy) is 1. The van der Waals surface area contributed by atoms with Crippen LogP contribution in [0.5, 0.6) is 5.75 Å². The van der Waals surface area contributed by atoms with Crippen LogP contribution in [0.4, 0.5) is 24.1 Å². The van der Waals surface area contributed by atoms with Crippen LogP contribution in [0.2, 0.25) is 0 Å². The van der Waals surface area contributed by atoms with Crippen molar-refractivity contribution >= 4 is 17.8 Å². The Morgan fingerprint density at radius 3 is 2.32 bits per heavy atom. The summed E-state index contributed by atoms with van der Waals surface area (Å²) in [5, 5.41) is 11.0. The van der Waals surface area contributed by atoms with E-state index in [1.807, 2.05) is 37.3 Å². The van der Waals surface area contributed by atoms with Crippen LogP contribution in [0.15, 0.2) is 72.8 Å². The summed E-state index contributed by atoms with van der Waals surface area (Å²) in [7, 11) is 0. The van der Waals surface area contributed by atoms with Crippen molar-refractivity contribution in [2.24, 2.45) is 11.8 Å². The fourth-order valence-electron chi connectivity index (χ4n) is 5.09. The highest BCUT2D eigenvalue weighted by Crippen LogP contribution is 2.49. The molecule has 1 heterocycles. The van der Waals surface area contributed by atoms with Crippen LogP contribution >= 0.6 is 0 Å². The highest BCUT2D eigenvalue weighted by atomic mass is 19.2. The monoisotopic (exact) mass is 521 g/mol. The Hall–Kier alpha value is -4.34. The van der Waals surface area contributed by atoms with Gasteiger partial charge in [0.25, 0.3) is 5.69 Å². The van der Waals surface area contributed by atoms with Gasteiger partial charge >= 0.3 is 12.1 Å². The molecule has 2 aliphatic rings. The van der Waals surface area contributed by atoms with Crippen molar-refractivity contribution in [3.8, 4) is 5.75 Å². The van der Waals surface area contributed by atoms with Gasteiger partial charge in [0.1, 0.15) is 5.75 Å². The number of nitro groups is 1. The number of imide groups is 1. The van der Waals surface area contributed by atoms with E-state index >= 15 is 0 Å². The molecule has 38 heavy (non-hydrogen) atoms. The van der Waals surface area contributed by atoms with Crippen molar-refractivity contribution in [1.82, 2.24) is 9.80 Å². The van der Waals surface area contributed by atoms with E-state index in [4.69, 9.17) is 4.74 Å². The smallest absolute Gasteiger partial charge is 0.410 e. The van der Waals surface area contributed by atoms with Crippen molar-refractivity contribution in [1.29, 1.82) is 0 Å². The van der Waals surface area contributed by atoms with Crippen LogP contribution < -0.4 is 4.74 Å². The third-order valence-electron chi connectivity index (χ3n) is 7.25. The molecule has 0 radical (unpaired) electrons. The lowest BCUT2D eigenvalue weighted by atomic mass is 9.85. The van der Waals surface area contributed by atoms with Gasteiger partial charge in [0.05, 0.1) is 17.0 Å². The van der Waals surface area contributed by atoms with Crippen molar-refractivity contribution in [3.63, 3.8) is 0 Å². The third kappa shape index (κ3) is 4.93. The first-order valence-electron chi connectivity index (χ1n) is 12.3. The lowest BCUT2D eigenvalue weighted by Crippen LogP contribution is -2.58. The molecule has 1 saturated carbocycles. The van der Waals surface area contributed by atoms with Gasteiger partial charge in [-0.2, -0.15) is 0 Å². The molecule has 8 nitrogen and oxygen atoms in total. The molecule has 2 unspecified atom stereocenters. The molecule has 2 fully saturated rings. The van der Waals surface area contributed by atoms with Crippen LogP contribution in [-0.2, 0) is 0 Å². The number of rotatable bonds is 6. The van der Waals surface area contributed by atoms with Crippen molar-refractivity contribution in [2.75, 3.05) is 6.54 Å². The molecule has 1 saturated heterocycles. The van der Waals surface area contributed by atoms with E-state index in [2.05, 4.69) is 0 Å². The van der Waals surface area contributed by atoms with Gasteiger partial charge in [0.2, 0.25) is 0 Å². The number of non-ortho nitro benzene ring substituents is 1. The summed E-state index contributed by atoms with van der Waals surface area (Å²) in [6.45, 7) is 2.19. The molecule has 3 atom stereocenters. The van der Waals surface area contributed by atoms with Gasteiger partial charge in [-0.3, -0.25) is 10.1 Å². The highest BCUT2D eigenvalue weighted by molar-refractivity contribution is 5.93. The number of nitrogens with zero attached hydrogens (tertiary/aromatic N) is 3. The quantitative estimate of drug-likeness (QED) is 0.268. The minimum atomic E-state index is -1.08. The predicted octanol–water partition coefficient (Wildman–Crippen LogP) is 6.64. The lowest BCUT2D eigenvalue weighted by molar-refractivity contribution is -0.384. The Kier molecular flexibility index (Phi) is 6.79. The Morgan fingerprint density at radius 1 is 1.03 bits per heavy atom. The average Bonchev–Trinajstić information content (AvgIpc) is 3.76. The summed E-state index contributed by atoms with van der Waals surface area (Å²) in [5.41, 5.74) is 0.988. The summed E-state index contributed by atoms with van der Waals surface area (Å²) < 4.78 is 33.6. The second-order valence-electron chi connectivity index (χ2n) is 9.63. The molecule has 3 amide bonds. The van der Waals surface area contributed by atoms with E-state index in [9.17, 15) is 28.5 Å². The Labute approximate surface area is 217 Å². The summed E-state index contributed by atoms with van der Waals surface area (Å²) in [5.74, 6) is -2.16. The Balaban J connectivity index is 1.54. The molecule has 0 bridgehead atoms. The van der Waals surface area contributed by atoms with Gasteiger partial charge in [0.15, 0.2) is 11.6 Å². The Morgan fingerprint density at radius 2 is 1.71 bits per heavy atom. The summed E-state index contributed by atoms with van der Waals surface area (Å²) in [6.07, 6.45) is 0.768. The zero-order chi connectivity index (χ0) is 27.0. The number of urea groups is 1. The number of halogens is 2. The van der Waals surface area contributed by atoms with E-state index in [-0.39, 0.29) is 29.3 Å². The molecule has 0 N–H and O–H groups in total. The maximum Gasteiger partial charge on any atom is 0.424 e. The molecular weight excluding hydrogens is 496 g/mol. The molecule has 0 spiro atoms. The second-order valence-corrected chi connectivity index (χ2v) is 9.63. The Bertz CT molecular complexity index is 1360. The van der Waals surface area contributed by atoms with E-state index in [0.717, 1.165) is 35.4 Å². The fourth-order valence-corrected chi connectivity index (χ4v) is 5.09. The minimum absolute atomic E-state index is 0.00800. The summed E-state index contributed by atoms with van der Waals surface area (Å²) in [4.78, 5) is 40.5. The third-order valence-corrected chi connectivity index (χ3v) is 7.25. The standard InChI is InChI=1S/C28H25F2N3O5/c1-17(18-5-3-2-4-6-18)31-16-23(19-7-8-19)26(20-9-14-24(29)25(30)15-20)32(27(31)34)28(35)38-22-12-10-21(11-13-22)33(36)37/h2-6,9-15,17,19,23,26H,7-8,16H2,1H3/t17-,23?,26?/m1/s1. The first-order valence-corrected chi connectivity index (χ1v) is 12.3. The van der Waals surface area contributed by atoms with Crippen molar-refractivity contribution in [3.05, 3.63) is 106 Å². The van der Waals surface area contributed by atoms with Gasteiger partial charge < -0.3 is 9.64 Å². The number of hydrogen-bond acceptors (Lipinski definition) is 5. The molecule has 1 aliphatic heterocycles. The van der Waals surface area contributed by atoms with Gasteiger partial charge in [-0.1, -0.05) is 36.4 Å². The SMILES string of the molecule is C[C@H](c1ccccc1)N1CC(C2CC2)C(c2ccc(F)c(F)c2)N(C(=O)Oc2ccc([N+](=O)[O-])cc2)C1=O. The normalized spacial score (nSPS) is 20.2. The van der Waals surface area contributed by atoms with Gasteiger partial charge in [-0.05, 0) is 61.1 Å². The van der Waals surface area contributed by atoms with Crippen LogP contribution in [0.25, 0.3) is 0 Å². The fraction of sp³-hybridized carbons (Fsp3) is 0.286. The van der Waals surface area contributed by atoms with Crippen molar-refractivity contribution in [2.45, 2.75) is 31.8 Å². The van der Waals surface area contributed by atoms with E-state index in [0.29, 0.717) is 12.1 Å². The van der Waals surface area contributed by atoms with Crippen LogP contribution in [-0.4, -0.2) is 33.4 Å². The molecule has 3 aromatic rings. The van der Waals surface area contributed by atoms with E-state index in [1.54, 1.807) is 4.90 Å². The number of carbonyl (C=O) groups is 2. The largest absolute Gasteiger partial charge is 0.424 e. The van der Waals surface area contributed by atoms with E-state index in [1.165, 1.54) is 30.3 Å². The molecule has 10 heteroatoms. The topological polar surface area (TPSA) is 93.0 Å². The van der Waals surface area contributed by atoms with Crippen molar-refractivity contribution < 1.29 is 28.0 Å². The highest BCUT2D eigenvalue weighted by Gasteiger charge is 2.51. The molecule has 3 aromatic carbocycles. The second kappa shape index (κ2) is 10.2.